The summed E-state index contributed by atoms with van der Waals surface area (Å²) >= 11 is 0. The third kappa shape index (κ3) is 5.51. The van der Waals surface area contributed by atoms with Crippen molar-refractivity contribution in [2.24, 2.45) is 0 Å². The van der Waals surface area contributed by atoms with E-state index in [9.17, 15) is 19.1 Å². The van der Waals surface area contributed by atoms with Crippen LogP contribution in [0.1, 0.15) is 33.7 Å². The van der Waals surface area contributed by atoms with Crippen molar-refractivity contribution in [3.63, 3.8) is 0 Å². The van der Waals surface area contributed by atoms with Gasteiger partial charge in [0.1, 0.15) is 24.1 Å². The highest BCUT2D eigenvalue weighted by Crippen LogP contribution is 2.25. The number of aryl methyl sites for hydroxylation is 1. The molecular weight excluding hydrogens is 546 g/mol. The monoisotopic (exact) mass is 572 g/mol. The van der Waals surface area contributed by atoms with E-state index in [0.29, 0.717) is 35.6 Å². The van der Waals surface area contributed by atoms with Crippen LogP contribution in [-0.2, 0) is 24.4 Å². The fourth-order valence-electron chi connectivity index (χ4n) is 4.85. The number of hydrogen-bond acceptors (Lipinski definition) is 6. The zero-order valence-electron chi connectivity index (χ0n) is 22.6. The van der Waals surface area contributed by atoms with Crippen LogP contribution in [0.2, 0.25) is 0 Å². The van der Waals surface area contributed by atoms with Crippen molar-refractivity contribution in [3.05, 3.63) is 111 Å². The topological polar surface area (TPSA) is 108 Å². The van der Waals surface area contributed by atoms with E-state index in [4.69, 9.17) is 9.47 Å². The predicted octanol–water partition coefficient (Wildman–Crippen LogP) is 4.96. The number of hydrogen-bond donors (Lipinski definition) is 1. The number of nitrogens with zero attached hydrogens (tertiary/aromatic N) is 4. The average molecular weight is 573 g/mol. The molecule has 0 radical (unpaired) electrons. The lowest BCUT2D eigenvalue weighted by atomic mass is 10.1. The number of benzene rings is 2. The van der Waals surface area contributed by atoms with Gasteiger partial charge in [-0.2, -0.15) is 0 Å². The minimum Gasteiger partial charge on any atom is -0.478 e. The molecule has 0 spiro atoms. The molecular formula is C31H26F2N4O5. The lowest BCUT2D eigenvalue weighted by Crippen LogP contribution is -2.32. The highest BCUT2D eigenvalue weighted by atomic mass is 19.1. The van der Waals surface area contributed by atoms with Crippen molar-refractivity contribution in [3.8, 4) is 17.1 Å². The van der Waals surface area contributed by atoms with Crippen molar-refractivity contribution in [2.45, 2.75) is 39.1 Å². The summed E-state index contributed by atoms with van der Waals surface area (Å²) in [6, 6.07) is 15.3. The van der Waals surface area contributed by atoms with Gasteiger partial charge < -0.3 is 23.7 Å². The number of aromatic nitrogens is 4. The quantitative estimate of drug-likeness (QED) is 0.266. The maximum atomic E-state index is 15.4. The van der Waals surface area contributed by atoms with Crippen LogP contribution in [0.3, 0.4) is 0 Å². The summed E-state index contributed by atoms with van der Waals surface area (Å²) in [7, 11) is 0. The molecule has 1 atom stereocenters. The van der Waals surface area contributed by atoms with E-state index in [1.807, 2.05) is 4.57 Å². The van der Waals surface area contributed by atoms with Gasteiger partial charge in [-0.3, -0.25) is 4.79 Å². The Balaban J connectivity index is 1.27. The molecule has 4 heterocycles. The van der Waals surface area contributed by atoms with Crippen LogP contribution in [0.4, 0.5) is 8.78 Å². The molecule has 0 amide bonds. The Labute approximate surface area is 238 Å². The molecule has 0 saturated carbocycles. The average Bonchev–Trinajstić information content (AvgIpc) is 3.28. The second-order valence-corrected chi connectivity index (χ2v) is 10.2. The highest BCUT2D eigenvalue weighted by Gasteiger charge is 2.23. The van der Waals surface area contributed by atoms with Crippen molar-refractivity contribution in [2.75, 3.05) is 6.61 Å². The molecule has 6 rings (SSSR count). The van der Waals surface area contributed by atoms with Gasteiger partial charge in [0.25, 0.3) is 5.56 Å². The largest absolute Gasteiger partial charge is 0.478 e. The van der Waals surface area contributed by atoms with Crippen molar-refractivity contribution in [1.29, 1.82) is 0 Å². The van der Waals surface area contributed by atoms with Gasteiger partial charge in [0.15, 0.2) is 0 Å². The summed E-state index contributed by atoms with van der Waals surface area (Å²) in [5.41, 5.74) is 2.11. The second-order valence-electron chi connectivity index (χ2n) is 10.2. The van der Waals surface area contributed by atoms with Crippen LogP contribution >= 0.6 is 0 Å². The highest BCUT2D eigenvalue weighted by molar-refractivity contribution is 5.92. The lowest BCUT2D eigenvalue weighted by molar-refractivity contribution is -0.0590. The number of pyridine rings is 2. The van der Waals surface area contributed by atoms with Crippen LogP contribution in [0, 0.1) is 18.6 Å². The van der Waals surface area contributed by atoms with Crippen molar-refractivity contribution < 1.29 is 28.2 Å². The number of aromatic carboxylic acids is 1. The first-order chi connectivity index (χ1) is 20.2. The Kier molecular flexibility index (Phi) is 7.26. The number of ether oxygens (including phenoxy) is 2. The van der Waals surface area contributed by atoms with Crippen LogP contribution < -0.4 is 10.3 Å². The van der Waals surface area contributed by atoms with Gasteiger partial charge in [0.2, 0.25) is 5.88 Å². The number of carbonyl (C=O) groups is 1. The molecule has 3 aromatic heterocycles. The fourth-order valence-corrected chi connectivity index (χ4v) is 4.85. The number of rotatable bonds is 9. The molecule has 1 aliphatic heterocycles. The number of fused-ring (bicyclic) bond motifs is 1. The first kappa shape index (κ1) is 27.3. The van der Waals surface area contributed by atoms with E-state index in [1.165, 1.54) is 22.8 Å². The zero-order valence-corrected chi connectivity index (χ0v) is 22.6. The SMILES string of the molecule is Cc1ccc(COc2cccc(-c3cc(=O)n(Cc4nc5ccc(C(=O)O)cc5n4C[C@@H]4CCO4)cc3F)n2)c(F)c1. The molecule has 11 heteroatoms. The number of halogens is 2. The third-order valence-corrected chi connectivity index (χ3v) is 7.23. The smallest absolute Gasteiger partial charge is 0.335 e. The van der Waals surface area contributed by atoms with E-state index in [2.05, 4.69) is 9.97 Å². The van der Waals surface area contributed by atoms with Gasteiger partial charge in [-0.15, -0.1) is 0 Å². The number of carboxylic acid groups (broad SMARTS) is 1. The van der Waals surface area contributed by atoms with E-state index >= 15 is 4.39 Å². The maximum Gasteiger partial charge on any atom is 0.335 e. The van der Waals surface area contributed by atoms with E-state index in [0.717, 1.165) is 24.2 Å². The Bertz CT molecular complexity index is 1880. The summed E-state index contributed by atoms with van der Waals surface area (Å²) in [5, 5.41) is 9.45. The molecule has 1 saturated heterocycles. The Morgan fingerprint density at radius 1 is 1.10 bits per heavy atom. The predicted molar refractivity (Wildman–Crippen MR) is 150 cm³/mol. The normalized spacial score (nSPS) is 14.6. The summed E-state index contributed by atoms with van der Waals surface area (Å²) in [6.07, 6.45) is 1.88. The van der Waals surface area contributed by atoms with Gasteiger partial charge in [0.05, 0.1) is 41.5 Å². The molecule has 1 N–H and O–H groups in total. The fraction of sp³-hybridized carbons (Fsp3) is 0.226. The van der Waals surface area contributed by atoms with E-state index in [1.54, 1.807) is 43.3 Å². The Hall–Kier alpha value is -4.90. The second kappa shape index (κ2) is 11.2. The molecule has 42 heavy (non-hydrogen) atoms. The summed E-state index contributed by atoms with van der Waals surface area (Å²) < 4.78 is 43.8. The summed E-state index contributed by atoms with van der Waals surface area (Å²) in [5.74, 6) is -1.51. The van der Waals surface area contributed by atoms with Gasteiger partial charge in [-0.05, 0) is 49.2 Å². The molecule has 9 nitrogen and oxygen atoms in total. The number of imidazole rings is 1. The summed E-state index contributed by atoms with van der Waals surface area (Å²) in [4.78, 5) is 33.6. The van der Waals surface area contributed by atoms with Crippen molar-refractivity contribution >= 4 is 17.0 Å². The minimum absolute atomic E-state index is 0.00862. The molecule has 0 bridgehead atoms. The lowest BCUT2D eigenvalue weighted by Gasteiger charge is -2.27. The first-order valence-electron chi connectivity index (χ1n) is 13.3. The van der Waals surface area contributed by atoms with Gasteiger partial charge in [0, 0.05) is 36.1 Å². The van der Waals surface area contributed by atoms with Gasteiger partial charge in [-0.1, -0.05) is 18.2 Å². The molecule has 1 aliphatic rings. The Morgan fingerprint density at radius 2 is 1.93 bits per heavy atom. The Morgan fingerprint density at radius 3 is 2.67 bits per heavy atom. The van der Waals surface area contributed by atoms with Crippen LogP contribution in [-0.4, -0.2) is 42.9 Å². The third-order valence-electron chi connectivity index (χ3n) is 7.23. The molecule has 2 aromatic carbocycles. The van der Waals surface area contributed by atoms with Crippen LogP contribution in [0.15, 0.2) is 71.7 Å². The van der Waals surface area contributed by atoms with E-state index in [-0.39, 0.29) is 42.0 Å². The zero-order chi connectivity index (χ0) is 29.4. The molecule has 1 fully saturated rings. The van der Waals surface area contributed by atoms with Crippen LogP contribution in [0.25, 0.3) is 22.3 Å². The van der Waals surface area contributed by atoms with Gasteiger partial charge >= 0.3 is 5.97 Å². The van der Waals surface area contributed by atoms with Gasteiger partial charge in [-0.25, -0.2) is 23.5 Å². The minimum atomic E-state index is -1.06. The van der Waals surface area contributed by atoms with Crippen LogP contribution in [0.5, 0.6) is 5.88 Å². The maximum absolute atomic E-state index is 15.4. The van der Waals surface area contributed by atoms with E-state index < -0.39 is 23.2 Å². The molecule has 5 aromatic rings. The molecule has 214 valence electrons. The van der Waals surface area contributed by atoms with Crippen molar-refractivity contribution in [1.82, 2.24) is 19.1 Å². The molecule has 0 aliphatic carbocycles. The summed E-state index contributed by atoms with van der Waals surface area (Å²) in [6.45, 7) is 2.75. The standard InChI is InChI=1S/C31H26F2N4O5/c1-18-5-6-20(23(32)11-18)17-42-29-4-2-3-25(35-29)22-13-30(38)36(15-24(22)33)16-28-34-26-8-7-19(31(39)40)12-27(26)37(28)14-21-9-10-41-21/h2-8,11-13,15,21H,9-10,14,16-17H2,1H3,(H,39,40)/t21-/m0/s1. The number of carboxylic acids is 1. The molecule has 0 unspecified atom stereocenters. The first-order valence-corrected chi connectivity index (χ1v) is 13.3.